The first kappa shape index (κ1) is 23.5. The predicted octanol–water partition coefficient (Wildman–Crippen LogP) is 4.71. The van der Waals surface area contributed by atoms with E-state index in [1.54, 1.807) is 30.3 Å². The van der Waals surface area contributed by atoms with Crippen molar-refractivity contribution in [3.8, 4) is 11.8 Å². The highest BCUT2D eigenvalue weighted by Crippen LogP contribution is 2.26. The average Bonchev–Trinajstić information content (AvgIpc) is 2.82. The first-order chi connectivity index (χ1) is 16.4. The smallest absolute Gasteiger partial charge is 0.270 e. The van der Waals surface area contributed by atoms with Gasteiger partial charge in [0, 0.05) is 5.56 Å². The van der Waals surface area contributed by atoms with Gasteiger partial charge in [0.2, 0.25) is 0 Å². The Kier molecular flexibility index (Phi) is 7.00. The van der Waals surface area contributed by atoms with Crippen molar-refractivity contribution in [1.29, 1.82) is 5.26 Å². The van der Waals surface area contributed by atoms with E-state index in [1.807, 2.05) is 12.1 Å². The molecule has 3 aromatic rings. The van der Waals surface area contributed by atoms with Crippen LogP contribution < -0.4 is 15.0 Å². The van der Waals surface area contributed by atoms with Crippen LogP contribution in [-0.4, -0.2) is 16.9 Å². The third-order valence-corrected chi connectivity index (χ3v) is 6.10. The molecule has 1 aliphatic rings. The summed E-state index contributed by atoms with van der Waals surface area (Å²) >= 11 is 7.25. The number of carbonyl (C=O) groups is 2. The number of rotatable bonds is 5. The second kappa shape index (κ2) is 10.1. The molecule has 0 radical (unpaired) electrons. The van der Waals surface area contributed by atoms with Crippen LogP contribution in [0.1, 0.15) is 16.7 Å². The van der Waals surface area contributed by atoms with Crippen LogP contribution in [0, 0.1) is 20.7 Å². The lowest BCUT2D eigenvalue weighted by Crippen LogP contribution is -2.54. The Hall–Kier alpha value is -3.62. The van der Waals surface area contributed by atoms with E-state index in [4.69, 9.17) is 17.0 Å². The zero-order valence-electron chi connectivity index (χ0n) is 17.4. The minimum atomic E-state index is -0.614. The number of anilines is 1. The number of amides is 2. The SMILES string of the molecule is N#Cc1ccccc1COc1ccc(/C=C2\C(=O)NC(=S)N(c3ccc(F)cc3)C2=O)cc1I. The standard InChI is InChI=1S/C25H15FIN3O3S/c26-18-6-8-19(9-7-18)30-24(32)20(23(31)29-25(30)34)11-15-5-10-22(21(27)12-15)33-14-17-4-2-1-3-16(17)13-28/h1-12H,14H2,(H,29,31,34)/b20-11+. The van der Waals surface area contributed by atoms with Gasteiger partial charge in [-0.3, -0.25) is 19.8 Å². The van der Waals surface area contributed by atoms with Crippen molar-refractivity contribution in [2.75, 3.05) is 4.90 Å². The molecule has 1 heterocycles. The predicted molar refractivity (Wildman–Crippen MR) is 137 cm³/mol. The van der Waals surface area contributed by atoms with Gasteiger partial charge in [-0.15, -0.1) is 0 Å². The topological polar surface area (TPSA) is 82.4 Å². The summed E-state index contributed by atoms with van der Waals surface area (Å²) in [6, 6.07) is 19.8. The van der Waals surface area contributed by atoms with Gasteiger partial charge < -0.3 is 4.74 Å². The molecule has 9 heteroatoms. The molecule has 0 atom stereocenters. The molecule has 0 aliphatic carbocycles. The summed E-state index contributed by atoms with van der Waals surface area (Å²) in [5.41, 5.74) is 2.17. The van der Waals surface area contributed by atoms with Crippen LogP contribution in [0.4, 0.5) is 10.1 Å². The van der Waals surface area contributed by atoms with Crippen molar-refractivity contribution in [1.82, 2.24) is 5.32 Å². The molecule has 168 valence electrons. The molecule has 1 fully saturated rings. The van der Waals surface area contributed by atoms with Crippen LogP contribution in [-0.2, 0) is 16.2 Å². The van der Waals surface area contributed by atoms with Gasteiger partial charge in [0.05, 0.1) is 20.9 Å². The molecule has 6 nitrogen and oxygen atoms in total. The number of hydrogen-bond donors (Lipinski definition) is 1. The summed E-state index contributed by atoms with van der Waals surface area (Å²) < 4.78 is 19.9. The second-order valence-electron chi connectivity index (χ2n) is 7.18. The Morgan fingerprint density at radius 3 is 2.56 bits per heavy atom. The van der Waals surface area contributed by atoms with E-state index in [2.05, 4.69) is 34.0 Å². The van der Waals surface area contributed by atoms with E-state index in [1.165, 1.54) is 30.3 Å². The maximum Gasteiger partial charge on any atom is 0.270 e. The van der Waals surface area contributed by atoms with Gasteiger partial charge in [-0.05, 0) is 88.9 Å². The lowest BCUT2D eigenvalue weighted by Gasteiger charge is -2.28. The number of carbonyl (C=O) groups excluding carboxylic acids is 2. The molecule has 2 amide bonds. The summed E-state index contributed by atoms with van der Waals surface area (Å²) in [7, 11) is 0. The molecule has 0 spiro atoms. The van der Waals surface area contributed by atoms with Crippen molar-refractivity contribution in [2.24, 2.45) is 0 Å². The van der Waals surface area contributed by atoms with E-state index in [-0.39, 0.29) is 17.3 Å². The van der Waals surface area contributed by atoms with Crippen molar-refractivity contribution < 1.29 is 18.7 Å². The molecule has 0 unspecified atom stereocenters. The number of ether oxygens (including phenoxy) is 1. The molecule has 3 aromatic carbocycles. The maximum absolute atomic E-state index is 13.3. The van der Waals surface area contributed by atoms with Crippen LogP contribution in [0.2, 0.25) is 0 Å². The number of benzene rings is 3. The minimum Gasteiger partial charge on any atom is -0.488 e. The van der Waals surface area contributed by atoms with Crippen LogP contribution in [0.3, 0.4) is 0 Å². The average molecular weight is 583 g/mol. The van der Waals surface area contributed by atoms with Gasteiger partial charge >= 0.3 is 0 Å². The van der Waals surface area contributed by atoms with E-state index in [9.17, 15) is 19.2 Å². The highest BCUT2D eigenvalue weighted by Gasteiger charge is 2.34. The monoisotopic (exact) mass is 583 g/mol. The summed E-state index contributed by atoms with van der Waals surface area (Å²) in [6.45, 7) is 0.227. The molecular weight excluding hydrogens is 568 g/mol. The maximum atomic E-state index is 13.3. The third-order valence-electron chi connectivity index (χ3n) is 4.97. The highest BCUT2D eigenvalue weighted by atomic mass is 127. The number of nitrogens with one attached hydrogen (secondary N) is 1. The normalized spacial score (nSPS) is 14.7. The number of nitrogens with zero attached hydrogens (tertiary/aromatic N) is 2. The fourth-order valence-electron chi connectivity index (χ4n) is 3.28. The number of hydrogen-bond acceptors (Lipinski definition) is 5. The van der Waals surface area contributed by atoms with Gasteiger partial charge in [0.25, 0.3) is 11.8 Å². The largest absolute Gasteiger partial charge is 0.488 e. The Bertz CT molecular complexity index is 1380. The van der Waals surface area contributed by atoms with Gasteiger partial charge in [0.1, 0.15) is 23.7 Å². The lowest BCUT2D eigenvalue weighted by molar-refractivity contribution is -0.122. The van der Waals surface area contributed by atoms with Crippen molar-refractivity contribution in [2.45, 2.75) is 6.61 Å². The van der Waals surface area contributed by atoms with Crippen molar-refractivity contribution in [3.05, 3.63) is 98.4 Å². The van der Waals surface area contributed by atoms with Crippen LogP contribution >= 0.6 is 34.8 Å². The summed E-state index contributed by atoms with van der Waals surface area (Å²) in [5, 5.41) is 11.7. The summed E-state index contributed by atoms with van der Waals surface area (Å²) in [4.78, 5) is 26.7. The Morgan fingerprint density at radius 1 is 1.12 bits per heavy atom. The highest BCUT2D eigenvalue weighted by molar-refractivity contribution is 14.1. The van der Waals surface area contributed by atoms with Gasteiger partial charge in [-0.25, -0.2) is 4.39 Å². The summed E-state index contributed by atoms with van der Waals surface area (Å²) in [5.74, 6) is -1.07. The molecule has 0 aromatic heterocycles. The fraction of sp³-hybridized carbons (Fsp3) is 0.0400. The lowest BCUT2D eigenvalue weighted by atomic mass is 10.1. The van der Waals surface area contributed by atoms with Crippen LogP contribution in [0.15, 0.2) is 72.3 Å². The van der Waals surface area contributed by atoms with E-state index >= 15 is 0 Å². The number of thiocarbonyl (C=S) groups is 1. The van der Waals surface area contributed by atoms with Crippen molar-refractivity contribution >= 4 is 63.5 Å². The molecule has 0 bridgehead atoms. The molecule has 0 saturated carbocycles. The zero-order valence-corrected chi connectivity index (χ0v) is 20.4. The first-order valence-corrected chi connectivity index (χ1v) is 11.4. The van der Waals surface area contributed by atoms with E-state index in [0.29, 0.717) is 22.6 Å². The third kappa shape index (κ3) is 4.98. The van der Waals surface area contributed by atoms with Crippen LogP contribution in [0.5, 0.6) is 5.75 Å². The number of nitriles is 1. The minimum absolute atomic E-state index is 0.0743. The van der Waals surface area contributed by atoms with E-state index in [0.717, 1.165) is 14.0 Å². The number of halogens is 2. The molecule has 4 rings (SSSR count). The second-order valence-corrected chi connectivity index (χ2v) is 8.73. The van der Waals surface area contributed by atoms with Crippen molar-refractivity contribution in [3.63, 3.8) is 0 Å². The molecule has 1 N–H and O–H groups in total. The fourth-order valence-corrected chi connectivity index (χ4v) is 4.26. The van der Waals surface area contributed by atoms with Crippen LogP contribution in [0.25, 0.3) is 6.08 Å². The Labute approximate surface area is 213 Å². The quantitative estimate of drug-likeness (QED) is 0.204. The zero-order chi connectivity index (χ0) is 24.2. The van der Waals surface area contributed by atoms with Gasteiger partial charge in [-0.2, -0.15) is 5.26 Å². The van der Waals surface area contributed by atoms with Gasteiger partial charge in [-0.1, -0.05) is 24.3 Å². The summed E-state index contributed by atoms with van der Waals surface area (Å²) in [6.07, 6.45) is 1.47. The van der Waals surface area contributed by atoms with Gasteiger partial charge in [0.15, 0.2) is 5.11 Å². The van der Waals surface area contributed by atoms with E-state index < -0.39 is 17.6 Å². The molecule has 34 heavy (non-hydrogen) atoms. The molecular formula is C25H15FIN3O3S. The first-order valence-electron chi connectivity index (χ1n) is 9.95. The molecule has 1 aliphatic heterocycles. The Morgan fingerprint density at radius 2 is 1.85 bits per heavy atom. The Balaban J connectivity index is 1.56. The molecule has 1 saturated heterocycles.